The summed E-state index contributed by atoms with van der Waals surface area (Å²) >= 11 is 0. The molecule has 0 aliphatic heterocycles. The van der Waals surface area contributed by atoms with Crippen LogP contribution in [0.15, 0.2) is 40.2 Å². The van der Waals surface area contributed by atoms with Crippen molar-refractivity contribution in [1.29, 1.82) is 0 Å². The highest BCUT2D eigenvalue weighted by Gasteiger charge is 2.16. The number of rotatable bonds is 4. The van der Waals surface area contributed by atoms with Crippen LogP contribution in [-0.2, 0) is 25.4 Å². The molecule has 0 spiro atoms. The molecule has 0 aliphatic carbocycles. The number of benzene rings is 1. The Morgan fingerprint density at radius 2 is 2.00 bits per heavy atom. The number of carbonyl (C=O) groups is 1. The third-order valence-corrected chi connectivity index (χ3v) is 3.88. The van der Waals surface area contributed by atoms with E-state index in [-0.39, 0.29) is 23.6 Å². The van der Waals surface area contributed by atoms with E-state index in [2.05, 4.69) is 10.3 Å². The molecule has 0 aliphatic rings. The fraction of sp³-hybridized carbons (Fsp3) is 0.250. The fourth-order valence-electron chi connectivity index (χ4n) is 2.57. The molecule has 9 nitrogen and oxygen atoms in total. The van der Waals surface area contributed by atoms with E-state index in [1.165, 1.54) is 29.6 Å². The molecular formula is C16H17N5O4. The number of carbonyl (C=O) groups excluding carboxylic acids is 1. The summed E-state index contributed by atoms with van der Waals surface area (Å²) in [7, 11) is 4.45. The first-order chi connectivity index (χ1) is 11.9. The average Bonchev–Trinajstić information content (AvgIpc) is 3.01. The smallest absolute Gasteiger partial charge is 0.332 e. The minimum atomic E-state index is -0.496. The number of amides is 1. The van der Waals surface area contributed by atoms with Crippen molar-refractivity contribution in [2.75, 3.05) is 12.4 Å². The van der Waals surface area contributed by atoms with Gasteiger partial charge in [-0.2, -0.15) is 0 Å². The molecule has 1 N–H and O–H groups in total. The predicted molar refractivity (Wildman–Crippen MR) is 91.8 cm³/mol. The molecule has 0 saturated heterocycles. The van der Waals surface area contributed by atoms with Gasteiger partial charge in [0.25, 0.3) is 5.56 Å². The van der Waals surface area contributed by atoms with Crippen molar-refractivity contribution >= 4 is 22.8 Å². The highest BCUT2D eigenvalue weighted by molar-refractivity contribution is 5.91. The fourth-order valence-corrected chi connectivity index (χ4v) is 2.57. The number of fused-ring (bicyclic) bond motifs is 1. The molecule has 0 bridgehead atoms. The van der Waals surface area contributed by atoms with Gasteiger partial charge in [-0.25, -0.2) is 9.78 Å². The summed E-state index contributed by atoms with van der Waals surface area (Å²) in [6.07, 6.45) is 1.37. The number of ether oxygens (including phenoxy) is 1. The Bertz CT molecular complexity index is 1080. The lowest BCUT2D eigenvalue weighted by atomic mass is 10.3. The first-order valence-corrected chi connectivity index (χ1v) is 7.47. The standard InChI is InChI=1S/C16H17N5O4/c1-19-14-13(15(23)20(2)16(19)24)21(9-17-14)8-12(22)18-10-5-4-6-11(7-10)25-3/h4-7,9H,8H2,1-3H3,(H,18,22). The van der Waals surface area contributed by atoms with Crippen LogP contribution in [0.3, 0.4) is 0 Å². The molecule has 3 rings (SSSR count). The number of hydrogen-bond acceptors (Lipinski definition) is 5. The van der Waals surface area contributed by atoms with Crippen molar-refractivity contribution in [3.63, 3.8) is 0 Å². The highest BCUT2D eigenvalue weighted by Crippen LogP contribution is 2.16. The van der Waals surface area contributed by atoms with Crippen LogP contribution in [0.5, 0.6) is 5.75 Å². The highest BCUT2D eigenvalue weighted by atomic mass is 16.5. The third-order valence-electron chi connectivity index (χ3n) is 3.88. The summed E-state index contributed by atoms with van der Waals surface area (Å²) in [5.41, 5.74) is 0.0510. The molecule has 0 saturated carbocycles. The van der Waals surface area contributed by atoms with Gasteiger partial charge in [0.2, 0.25) is 5.91 Å². The topological polar surface area (TPSA) is 100 Å². The number of aromatic nitrogens is 4. The lowest BCUT2D eigenvalue weighted by Crippen LogP contribution is -2.37. The van der Waals surface area contributed by atoms with E-state index in [1.807, 2.05) is 0 Å². The largest absolute Gasteiger partial charge is 0.497 e. The summed E-state index contributed by atoms with van der Waals surface area (Å²) in [4.78, 5) is 40.6. The lowest BCUT2D eigenvalue weighted by molar-refractivity contribution is -0.116. The second-order valence-corrected chi connectivity index (χ2v) is 5.53. The molecule has 130 valence electrons. The van der Waals surface area contributed by atoms with Gasteiger partial charge in [-0.1, -0.05) is 6.07 Å². The van der Waals surface area contributed by atoms with Crippen LogP contribution in [0, 0.1) is 0 Å². The van der Waals surface area contributed by atoms with E-state index in [0.717, 1.165) is 4.57 Å². The van der Waals surface area contributed by atoms with E-state index >= 15 is 0 Å². The van der Waals surface area contributed by atoms with Crippen molar-refractivity contribution in [2.45, 2.75) is 6.54 Å². The number of anilines is 1. The van der Waals surface area contributed by atoms with Crippen LogP contribution in [0.25, 0.3) is 11.2 Å². The van der Waals surface area contributed by atoms with Crippen LogP contribution in [0.2, 0.25) is 0 Å². The van der Waals surface area contributed by atoms with Crippen molar-refractivity contribution in [3.8, 4) is 5.75 Å². The van der Waals surface area contributed by atoms with Crippen LogP contribution in [0.1, 0.15) is 0 Å². The molecular weight excluding hydrogens is 326 g/mol. The van der Waals surface area contributed by atoms with Crippen molar-refractivity contribution in [1.82, 2.24) is 18.7 Å². The van der Waals surface area contributed by atoms with E-state index < -0.39 is 11.2 Å². The first-order valence-electron chi connectivity index (χ1n) is 7.47. The minimum Gasteiger partial charge on any atom is -0.497 e. The Morgan fingerprint density at radius 3 is 2.72 bits per heavy atom. The van der Waals surface area contributed by atoms with Gasteiger partial charge in [0.15, 0.2) is 11.2 Å². The zero-order chi connectivity index (χ0) is 18.1. The Hall–Kier alpha value is -3.36. The zero-order valence-electron chi connectivity index (χ0n) is 14.0. The van der Waals surface area contributed by atoms with Crippen LogP contribution in [-0.4, -0.2) is 31.7 Å². The van der Waals surface area contributed by atoms with Crippen molar-refractivity contribution in [2.24, 2.45) is 14.1 Å². The molecule has 3 aromatic rings. The van der Waals surface area contributed by atoms with Gasteiger partial charge in [0, 0.05) is 25.8 Å². The average molecular weight is 343 g/mol. The summed E-state index contributed by atoms with van der Waals surface area (Å²) in [6.45, 7) is -0.110. The predicted octanol–water partition coefficient (Wildman–Crippen LogP) is 0.0810. The summed E-state index contributed by atoms with van der Waals surface area (Å²) in [5.74, 6) is 0.290. The van der Waals surface area contributed by atoms with Gasteiger partial charge in [-0.05, 0) is 12.1 Å². The number of hydrogen-bond donors (Lipinski definition) is 1. The second kappa shape index (κ2) is 6.27. The normalized spacial score (nSPS) is 10.8. The summed E-state index contributed by atoms with van der Waals surface area (Å²) < 4.78 is 8.79. The summed E-state index contributed by atoms with van der Waals surface area (Å²) in [5, 5.41) is 2.73. The Kier molecular flexibility index (Phi) is 4.14. The molecule has 0 fully saturated rings. The van der Waals surface area contributed by atoms with E-state index in [9.17, 15) is 14.4 Å². The Balaban J connectivity index is 1.92. The third kappa shape index (κ3) is 2.91. The molecule has 2 heterocycles. The monoisotopic (exact) mass is 343 g/mol. The van der Waals surface area contributed by atoms with Crippen molar-refractivity contribution < 1.29 is 9.53 Å². The van der Waals surface area contributed by atoms with E-state index in [1.54, 1.807) is 31.4 Å². The second-order valence-electron chi connectivity index (χ2n) is 5.53. The van der Waals surface area contributed by atoms with Gasteiger partial charge in [0.05, 0.1) is 13.4 Å². The minimum absolute atomic E-state index is 0.110. The molecule has 1 amide bonds. The van der Waals surface area contributed by atoms with Gasteiger partial charge >= 0.3 is 5.69 Å². The molecule has 9 heteroatoms. The van der Waals surface area contributed by atoms with Gasteiger partial charge < -0.3 is 14.6 Å². The van der Waals surface area contributed by atoms with Crippen LogP contribution < -0.4 is 21.3 Å². The number of imidazole rings is 1. The van der Waals surface area contributed by atoms with Gasteiger partial charge in [0.1, 0.15) is 12.3 Å². The first kappa shape index (κ1) is 16.5. The number of nitrogens with one attached hydrogen (secondary N) is 1. The molecule has 2 aromatic heterocycles. The molecule has 25 heavy (non-hydrogen) atoms. The maximum atomic E-state index is 12.3. The molecule has 0 atom stereocenters. The SMILES string of the molecule is COc1cccc(NC(=O)Cn2cnc3c2c(=O)n(C)c(=O)n3C)c1. The molecule has 1 aromatic carbocycles. The number of methoxy groups -OCH3 is 1. The maximum absolute atomic E-state index is 12.3. The van der Waals surface area contributed by atoms with Gasteiger partial charge in [-0.15, -0.1) is 0 Å². The van der Waals surface area contributed by atoms with E-state index in [4.69, 9.17) is 4.74 Å². The number of aryl methyl sites for hydroxylation is 1. The van der Waals surface area contributed by atoms with E-state index in [0.29, 0.717) is 11.4 Å². The molecule has 0 radical (unpaired) electrons. The lowest BCUT2D eigenvalue weighted by Gasteiger charge is -2.09. The summed E-state index contributed by atoms with van der Waals surface area (Å²) in [6, 6.07) is 6.94. The van der Waals surface area contributed by atoms with Crippen LogP contribution >= 0.6 is 0 Å². The quantitative estimate of drug-likeness (QED) is 0.723. The zero-order valence-corrected chi connectivity index (χ0v) is 14.0. The Labute approximate surface area is 142 Å². The van der Waals surface area contributed by atoms with Crippen molar-refractivity contribution in [3.05, 3.63) is 51.4 Å². The molecule has 0 unspecified atom stereocenters. The Morgan fingerprint density at radius 1 is 1.24 bits per heavy atom. The maximum Gasteiger partial charge on any atom is 0.332 e. The van der Waals surface area contributed by atoms with Crippen LogP contribution in [0.4, 0.5) is 5.69 Å². The van der Waals surface area contributed by atoms with Gasteiger partial charge in [-0.3, -0.25) is 18.7 Å². The number of nitrogens with zero attached hydrogens (tertiary/aromatic N) is 4.